The first-order valence-corrected chi connectivity index (χ1v) is 19.1. The highest BCUT2D eigenvalue weighted by Gasteiger charge is 2.31. The van der Waals surface area contributed by atoms with Crippen molar-refractivity contribution in [2.24, 2.45) is 0 Å². The number of nitrogens with two attached hydrogens (primary N) is 1. The molecule has 2 unspecified atom stereocenters. The summed E-state index contributed by atoms with van der Waals surface area (Å²) in [6, 6.07) is 11.5. The zero-order chi connectivity index (χ0) is 26.7. The quantitative estimate of drug-likeness (QED) is 0.271. The van der Waals surface area contributed by atoms with E-state index < -0.39 is 18.1 Å². The number of anilines is 1. The summed E-state index contributed by atoms with van der Waals surface area (Å²) in [5, 5.41) is 0. The highest BCUT2D eigenvalue weighted by molar-refractivity contribution is 6.49. The normalized spacial score (nSPS) is 14.3. The Morgan fingerprint density at radius 1 is 0.743 bits per heavy atom. The molecule has 0 amide bonds. The molecule has 2 atom stereocenters. The van der Waals surface area contributed by atoms with Gasteiger partial charge in [-0.1, -0.05) is 79.7 Å². The molecule has 0 aliphatic heterocycles. The molecule has 2 aromatic carbocycles. The van der Waals surface area contributed by atoms with Gasteiger partial charge in [0.05, 0.1) is 5.69 Å². The molecule has 2 rings (SSSR count). The summed E-state index contributed by atoms with van der Waals surface area (Å²) in [5.41, 5.74) is 12.8. The van der Waals surface area contributed by atoms with Crippen molar-refractivity contribution >= 4 is 23.8 Å². The molecule has 0 aliphatic carbocycles. The molecule has 0 radical (unpaired) electrons. The Hall–Kier alpha value is -1.73. The van der Waals surface area contributed by atoms with Crippen molar-refractivity contribution in [3.8, 4) is 11.5 Å². The highest BCUT2D eigenvalue weighted by Crippen LogP contribution is 2.48. The lowest BCUT2D eigenvalue weighted by molar-refractivity contribution is 0.468. The van der Waals surface area contributed by atoms with Gasteiger partial charge in [0.2, 0.25) is 18.1 Å². The Bertz CT molecular complexity index is 987. The predicted octanol–water partition coefficient (Wildman–Crippen LogP) is 8.28. The Morgan fingerprint density at radius 3 is 1.71 bits per heavy atom. The van der Waals surface area contributed by atoms with Crippen molar-refractivity contribution < 1.29 is 8.85 Å². The number of nitrogen functional groups attached to an aromatic ring is 1. The van der Waals surface area contributed by atoms with Crippen LogP contribution in [0.1, 0.15) is 102 Å². The molecule has 0 saturated carbocycles. The van der Waals surface area contributed by atoms with Crippen LogP contribution >= 0.6 is 0 Å². The smallest absolute Gasteiger partial charge is 0.229 e. The summed E-state index contributed by atoms with van der Waals surface area (Å²) >= 11 is 0. The first-order valence-electron chi connectivity index (χ1n) is 13.5. The molecule has 2 aromatic rings. The maximum absolute atomic E-state index is 6.83. The van der Waals surface area contributed by atoms with Crippen molar-refractivity contribution in [2.45, 2.75) is 117 Å². The summed E-state index contributed by atoms with van der Waals surface area (Å²) < 4.78 is 13.1. The summed E-state index contributed by atoms with van der Waals surface area (Å²) in [4.78, 5) is 0. The van der Waals surface area contributed by atoms with Gasteiger partial charge in [-0.3, -0.25) is 0 Å². The van der Waals surface area contributed by atoms with Crippen LogP contribution in [0.25, 0.3) is 0 Å². The van der Waals surface area contributed by atoms with Crippen molar-refractivity contribution in [3.63, 3.8) is 0 Å². The summed E-state index contributed by atoms with van der Waals surface area (Å²) in [6.45, 7) is 27.0. The lowest BCUT2D eigenvalue weighted by atomic mass is 9.75. The molecule has 3 nitrogen and oxygen atoms in total. The monoisotopic (exact) mass is 513 g/mol. The van der Waals surface area contributed by atoms with Crippen LogP contribution in [0.15, 0.2) is 30.3 Å². The summed E-state index contributed by atoms with van der Waals surface area (Å²) in [5.74, 6) is 2.63. The van der Waals surface area contributed by atoms with Crippen molar-refractivity contribution in [3.05, 3.63) is 52.6 Å². The molecule has 0 fully saturated rings. The van der Waals surface area contributed by atoms with Gasteiger partial charge in [-0.2, -0.15) is 0 Å². The molecule has 0 heterocycles. The molecule has 196 valence electrons. The highest BCUT2D eigenvalue weighted by atomic mass is 28.3. The standard InChI is InChI=1S/C30H51NO2Si2/c1-13-21(23-16-15-20(29(3,4)5)19-26(23)32-34(9)10)22(14-2)24-17-18-25(30(6,7)8)27(31)28(24)33-35(11)12/h15-19,21-22,34-35H,13-14,31H2,1-12H3. The lowest BCUT2D eigenvalue weighted by Crippen LogP contribution is -2.22. The van der Waals surface area contributed by atoms with Gasteiger partial charge in [0.15, 0.2) is 0 Å². The maximum Gasteiger partial charge on any atom is 0.229 e. The average molecular weight is 514 g/mol. The van der Waals surface area contributed by atoms with Crippen LogP contribution in [0.4, 0.5) is 5.69 Å². The molecule has 0 bridgehead atoms. The molecule has 0 spiro atoms. The molecule has 2 N–H and O–H groups in total. The van der Waals surface area contributed by atoms with Gasteiger partial charge in [-0.05, 0) is 90.0 Å². The van der Waals surface area contributed by atoms with Crippen LogP contribution in [0.5, 0.6) is 11.5 Å². The van der Waals surface area contributed by atoms with Gasteiger partial charge >= 0.3 is 0 Å². The van der Waals surface area contributed by atoms with Gasteiger partial charge in [-0.15, -0.1) is 0 Å². The second-order valence-corrected chi connectivity index (χ2v) is 17.2. The van der Waals surface area contributed by atoms with Gasteiger partial charge in [0.1, 0.15) is 11.5 Å². The second kappa shape index (κ2) is 11.6. The van der Waals surface area contributed by atoms with E-state index in [4.69, 9.17) is 14.6 Å². The first-order chi connectivity index (χ1) is 16.1. The molecule has 5 heteroatoms. The van der Waals surface area contributed by atoms with E-state index in [1.165, 1.54) is 16.7 Å². The van der Waals surface area contributed by atoms with Crippen LogP contribution in [0, 0.1) is 0 Å². The lowest BCUT2D eigenvalue weighted by Gasteiger charge is -2.33. The SMILES string of the molecule is CCC(c1ccc(C(C)(C)C)cc1O[SiH](C)C)C(CC)c1ccc(C(C)(C)C)c(N)c1O[SiH](C)C. The van der Waals surface area contributed by atoms with Crippen LogP contribution in [0.3, 0.4) is 0 Å². The Labute approximate surface area is 219 Å². The van der Waals surface area contributed by atoms with Crippen molar-refractivity contribution in [1.29, 1.82) is 0 Å². The fourth-order valence-electron chi connectivity index (χ4n) is 5.04. The van der Waals surface area contributed by atoms with E-state index in [1.54, 1.807) is 0 Å². The molecule has 35 heavy (non-hydrogen) atoms. The van der Waals surface area contributed by atoms with E-state index in [2.05, 4.69) is 112 Å². The molecular weight excluding hydrogens is 463 g/mol. The third-order valence-electron chi connectivity index (χ3n) is 6.79. The topological polar surface area (TPSA) is 44.5 Å². The molecule has 0 saturated heterocycles. The predicted molar refractivity (Wildman–Crippen MR) is 160 cm³/mol. The summed E-state index contributed by atoms with van der Waals surface area (Å²) in [6.07, 6.45) is 2.05. The van der Waals surface area contributed by atoms with Crippen LogP contribution in [0.2, 0.25) is 26.2 Å². The minimum Gasteiger partial charge on any atom is -0.547 e. The van der Waals surface area contributed by atoms with E-state index in [-0.39, 0.29) is 10.8 Å². The minimum atomic E-state index is -1.35. The van der Waals surface area contributed by atoms with E-state index in [9.17, 15) is 0 Å². The second-order valence-electron chi connectivity index (χ2n) is 12.6. The fourth-order valence-corrected chi connectivity index (χ4v) is 6.48. The van der Waals surface area contributed by atoms with Crippen LogP contribution in [-0.2, 0) is 10.8 Å². The van der Waals surface area contributed by atoms with Crippen molar-refractivity contribution in [2.75, 3.05) is 5.73 Å². The van der Waals surface area contributed by atoms with E-state index in [0.717, 1.165) is 35.6 Å². The maximum atomic E-state index is 6.83. The summed E-state index contributed by atoms with van der Waals surface area (Å²) in [7, 11) is -2.62. The Kier molecular flexibility index (Phi) is 9.74. The number of hydrogen-bond acceptors (Lipinski definition) is 3. The van der Waals surface area contributed by atoms with Gasteiger partial charge in [0.25, 0.3) is 0 Å². The third-order valence-corrected chi connectivity index (χ3v) is 8.23. The average Bonchev–Trinajstić information content (AvgIpc) is 2.71. The Morgan fingerprint density at radius 2 is 1.26 bits per heavy atom. The number of rotatable bonds is 9. The Balaban J connectivity index is 2.72. The minimum absolute atomic E-state index is 0.0309. The largest absolute Gasteiger partial charge is 0.547 e. The van der Waals surface area contributed by atoms with E-state index in [1.807, 2.05) is 0 Å². The van der Waals surface area contributed by atoms with Gasteiger partial charge in [-0.25, -0.2) is 0 Å². The van der Waals surface area contributed by atoms with Crippen LogP contribution in [-0.4, -0.2) is 18.1 Å². The van der Waals surface area contributed by atoms with Gasteiger partial charge < -0.3 is 14.6 Å². The van der Waals surface area contributed by atoms with Crippen LogP contribution < -0.4 is 14.6 Å². The van der Waals surface area contributed by atoms with Crippen molar-refractivity contribution in [1.82, 2.24) is 0 Å². The van der Waals surface area contributed by atoms with E-state index >= 15 is 0 Å². The molecule has 0 aliphatic rings. The first kappa shape index (κ1) is 29.5. The van der Waals surface area contributed by atoms with Gasteiger partial charge in [0, 0.05) is 0 Å². The third kappa shape index (κ3) is 7.16. The fraction of sp³-hybridized carbons (Fsp3) is 0.600. The zero-order valence-electron chi connectivity index (χ0n) is 24.5. The number of hydrogen-bond donors (Lipinski definition) is 1. The number of benzene rings is 2. The molecular formula is C30H51NO2Si2. The zero-order valence-corrected chi connectivity index (χ0v) is 26.8. The van der Waals surface area contributed by atoms with E-state index in [0.29, 0.717) is 11.8 Å². The molecule has 0 aromatic heterocycles.